The van der Waals surface area contributed by atoms with Crippen molar-refractivity contribution in [3.63, 3.8) is 0 Å². The highest BCUT2D eigenvalue weighted by atomic mass is 32.2. The van der Waals surface area contributed by atoms with Gasteiger partial charge in [0.15, 0.2) is 0 Å². The molecule has 2 N–H and O–H groups in total. The number of aryl methyl sites for hydroxylation is 1. The number of alkyl halides is 2. The summed E-state index contributed by atoms with van der Waals surface area (Å²) >= 11 is 0. The third-order valence-corrected chi connectivity index (χ3v) is 6.33. The first-order valence-electron chi connectivity index (χ1n) is 8.92. The van der Waals surface area contributed by atoms with E-state index in [-0.39, 0.29) is 17.9 Å². The number of anilines is 1. The Hall–Kier alpha value is -3.01. The van der Waals surface area contributed by atoms with E-state index in [4.69, 9.17) is 0 Å². The SMILES string of the molecule is C=C(NNC(=O)c1ccc(CN(c2ccc(C)c(F)c2)S(=C)(=O)CC)nc1)C(F)F. The largest absolute Gasteiger partial charge is 0.297 e. The number of hydrogen-bond acceptors (Lipinski definition) is 4. The van der Waals surface area contributed by atoms with Gasteiger partial charge in [0.2, 0.25) is 0 Å². The molecule has 1 amide bonds. The summed E-state index contributed by atoms with van der Waals surface area (Å²) in [5, 5.41) is 0. The average molecular weight is 440 g/mol. The Kier molecular flexibility index (Phi) is 7.49. The molecule has 0 bridgehead atoms. The average Bonchev–Trinajstić information content (AvgIpc) is 2.72. The molecule has 1 unspecified atom stereocenters. The molecule has 1 aromatic heterocycles. The normalized spacial score (nSPS) is 12.9. The van der Waals surface area contributed by atoms with E-state index in [2.05, 4.69) is 22.9 Å². The van der Waals surface area contributed by atoms with Gasteiger partial charge in [-0.1, -0.05) is 19.6 Å². The standard InChI is InChI=1S/C20H23F3N4O2S/c1-5-30(4,29)27(17-9-6-13(2)18(21)10-17)12-16-8-7-15(11-24-16)20(28)26-25-14(3)19(22)23/h6-11,19,25H,3-5,12H2,1-2H3,(H,26,28). The van der Waals surface area contributed by atoms with Crippen LogP contribution >= 0.6 is 0 Å². The van der Waals surface area contributed by atoms with Crippen molar-refractivity contribution in [3.05, 3.63) is 71.4 Å². The number of allylic oxidation sites excluding steroid dienone is 1. The van der Waals surface area contributed by atoms with E-state index < -0.39 is 33.6 Å². The molecule has 0 saturated carbocycles. The number of carbonyl (C=O) groups excluding carboxylic acids is 1. The molecule has 30 heavy (non-hydrogen) atoms. The van der Waals surface area contributed by atoms with Gasteiger partial charge in [0.1, 0.15) is 5.82 Å². The van der Waals surface area contributed by atoms with Gasteiger partial charge in [-0.25, -0.2) is 17.4 Å². The Morgan fingerprint density at radius 1 is 1.27 bits per heavy atom. The summed E-state index contributed by atoms with van der Waals surface area (Å²) < 4.78 is 53.2. The summed E-state index contributed by atoms with van der Waals surface area (Å²) in [6.07, 6.45) is -1.57. The van der Waals surface area contributed by atoms with Gasteiger partial charge < -0.3 is 0 Å². The van der Waals surface area contributed by atoms with E-state index >= 15 is 0 Å². The zero-order valence-electron chi connectivity index (χ0n) is 16.6. The van der Waals surface area contributed by atoms with Gasteiger partial charge >= 0.3 is 0 Å². The van der Waals surface area contributed by atoms with E-state index in [0.717, 1.165) is 0 Å². The lowest BCUT2D eigenvalue weighted by molar-refractivity contribution is 0.0928. The van der Waals surface area contributed by atoms with Gasteiger partial charge in [0.05, 0.1) is 29.2 Å². The van der Waals surface area contributed by atoms with Crippen molar-refractivity contribution in [2.45, 2.75) is 26.8 Å². The van der Waals surface area contributed by atoms with Gasteiger partial charge in [-0.05, 0) is 42.6 Å². The summed E-state index contributed by atoms with van der Waals surface area (Å²) in [6.45, 7) is 6.49. The van der Waals surface area contributed by atoms with E-state index in [1.807, 2.05) is 5.43 Å². The topological polar surface area (TPSA) is 74.3 Å². The van der Waals surface area contributed by atoms with Crippen LogP contribution in [0.4, 0.5) is 18.9 Å². The lowest BCUT2D eigenvalue weighted by Gasteiger charge is -2.28. The fourth-order valence-corrected chi connectivity index (χ4v) is 3.53. The second-order valence-electron chi connectivity index (χ2n) is 6.47. The fraction of sp³-hybridized carbons (Fsp3) is 0.250. The van der Waals surface area contributed by atoms with Crippen molar-refractivity contribution < 1.29 is 22.2 Å². The van der Waals surface area contributed by atoms with Gasteiger partial charge in [-0.15, -0.1) is 0 Å². The molecule has 0 radical (unpaired) electrons. The number of carbonyl (C=O) groups is 1. The summed E-state index contributed by atoms with van der Waals surface area (Å²) in [5.41, 5.74) is 4.92. The molecular weight excluding hydrogens is 417 g/mol. The minimum Gasteiger partial charge on any atom is -0.297 e. The first-order chi connectivity index (χ1) is 14.0. The molecule has 6 nitrogen and oxygen atoms in total. The van der Waals surface area contributed by atoms with Gasteiger partial charge in [0.25, 0.3) is 12.3 Å². The van der Waals surface area contributed by atoms with Crippen molar-refractivity contribution >= 4 is 27.2 Å². The van der Waals surface area contributed by atoms with Gasteiger partial charge in [-0.2, -0.15) is 0 Å². The van der Waals surface area contributed by atoms with E-state index in [9.17, 15) is 22.2 Å². The molecule has 2 aromatic rings. The number of pyridine rings is 1. The molecule has 10 heteroatoms. The smallest absolute Gasteiger partial charge is 0.279 e. The molecule has 0 aliphatic rings. The van der Waals surface area contributed by atoms with Crippen LogP contribution in [0.25, 0.3) is 0 Å². The zero-order valence-corrected chi connectivity index (χ0v) is 17.4. The first kappa shape index (κ1) is 23.3. The molecule has 0 aliphatic heterocycles. The third kappa shape index (κ3) is 5.76. The van der Waals surface area contributed by atoms with Crippen LogP contribution in [0.3, 0.4) is 0 Å². The number of nitrogens with one attached hydrogen (secondary N) is 2. The number of nitrogens with zero attached hydrogens (tertiary/aromatic N) is 2. The van der Waals surface area contributed by atoms with E-state index in [0.29, 0.717) is 16.9 Å². The van der Waals surface area contributed by atoms with Crippen molar-refractivity contribution in [3.8, 4) is 0 Å². The fourth-order valence-electron chi connectivity index (χ4n) is 2.36. The van der Waals surface area contributed by atoms with Crippen molar-refractivity contribution in [2.24, 2.45) is 0 Å². The highest BCUT2D eigenvalue weighted by Gasteiger charge is 2.18. The number of amides is 1. The maximum absolute atomic E-state index is 14.0. The second kappa shape index (κ2) is 9.66. The van der Waals surface area contributed by atoms with Crippen LogP contribution in [0.15, 0.2) is 48.8 Å². The predicted octanol–water partition coefficient (Wildman–Crippen LogP) is 3.20. The van der Waals surface area contributed by atoms with Crippen LogP contribution < -0.4 is 15.2 Å². The Labute approximate surface area is 173 Å². The lowest BCUT2D eigenvalue weighted by atomic mass is 10.2. The summed E-state index contributed by atoms with van der Waals surface area (Å²) in [7, 11) is -2.74. The molecule has 1 atom stereocenters. The Morgan fingerprint density at radius 2 is 1.97 bits per heavy atom. The van der Waals surface area contributed by atoms with Crippen LogP contribution in [0.2, 0.25) is 0 Å². The minimum atomic E-state index is -2.82. The number of rotatable bonds is 9. The Bertz CT molecular complexity index is 1020. The third-order valence-electron chi connectivity index (χ3n) is 4.29. The summed E-state index contributed by atoms with van der Waals surface area (Å²) in [4.78, 5) is 16.2. The molecular formula is C20H23F3N4O2S. The number of halogens is 3. The molecule has 1 aromatic carbocycles. The molecule has 0 aliphatic carbocycles. The lowest BCUT2D eigenvalue weighted by Crippen LogP contribution is -2.38. The summed E-state index contributed by atoms with van der Waals surface area (Å²) in [6, 6.07) is 7.50. The van der Waals surface area contributed by atoms with E-state index in [1.54, 1.807) is 26.0 Å². The second-order valence-corrected chi connectivity index (χ2v) is 9.04. The van der Waals surface area contributed by atoms with Crippen LogP contribution in [-0.4, -0.2) is 33.1 Å². The first-order valence-corrected chi connectivity index (χ1v) is 10.8. The predicted molar refractivity (Wildman–Crippen MR) is 113 cm³/mol. The highest BCUT2D eigenvalue weighted by Crippen LogP contribution is 2.23. The Balaban J connectivity index is 2.20. The van der Waals surface area contributed by atoms with Crippen LogP contribution in [0.5, 0.6) is 0 Å². The van der Waals surface area contributed by atoms with Crippen molar-refractivity contribution in [2.75, 3.05) is 10.1 Å². The van der Waals surface area contributed by atoms with Crippen LogP contribution in [-0.2, 0) is 16.3 Å². The zero-order chi connectivity index (χ0) is 22.5. The number of hydrogen-bond donors (Lipinski definition) is 2. The quantitative estimate of drug-likeness (QED) is 0.464. The minimum absolute atomic E-state index is 0.0704. The van der Waals surface area contributed by atoms with Gasteiger partial charge in [0, 0.05) is 21.7 Å². The number of hydrazine groups is 1. The Morgan fingerprint density at radius 3 is 2.50 bits per heavy atom. The molecule has 1 heterocycles. The highest BCUT2D eigenvalue weighted by molar-refractivity contribution is 8.01. The number of benzene rings is 1. The number of aromatic nitrogens is 1. The van der Waals surface area contributed by atoms with Crippen molar-refractivity contribution in [1.82, 2.24) is 15.8 Å². The van der Waals surface area contributed by atoms with Crippen LogP contribution in [0, 0.1) is 12.7 Å². The monoisotopic (exact) mass is 440 g/mol. The van der Waals surface area contributed by atoms with Gasteiger partial charge in [-0.3, -0.25) is 24.9 Å². The maximum Gasteiger partial charge on any atom is 0.279 e. The molecule has 0 saturated heterocycles. The molecule has 0 spiro atoms. The molecule has 2 rings (SSSR count). The molecule has 162 valence electrons. The summed E-state index contributed by atoms with van der Waals surface area (Å²) in [5.74, 6) is 2.91. The molecule has 0 fully saturated rings. The van der Waals surface area contributed by atoms with E-state index in [1.165, 1.54) is 28.7 Å². The maximum atomic E-state index is 14.0. The van der Waals surface area contributed by atoms with Crippen LogP contribution in [0.1, 0.15) is 28.5 Å². The van der Waals surface area contributed by atoms with Crippen molar-refractivity contribution in [1.29, 1.82) is 0 Å².